The van der Waals surface area contributed by atoms with E-state index < -0.39 is 17.7 Å². The van der Waals surface area contributed by atoms with Gasteiger partial charge in [-0.3, -0.25) is 10.8 Å². The molecule has 1 heterocycles. The van der Waals surface area contributed by atoms with Crippen molar-refractivity contribution in [1.29, 1.82) is 0 Å². The lowest BCUT2D eigenvalue weighted by atomic mass is 9.99. The van der Waals surface area contributed by atoms with Crippen LogP contribution < -0.4 is 11.3 Å². The number of hydrazine groups is 1. The monoisotopic (exact) mass is 283 g/mol. The summed E-state index contributed by atoms with van der Waals surface area (Å²) in [5.74, 6) is 4.12. The van der Waals surface area contributed by atoms with Gasteiger partial charge in [-0.2, -0.15) is 0 Å². The van der Waals surface area contributed by atoms with Gasteiger partial charge in [-0.05, 0) is 30.2 Å². The van der Waals surface area contributed by atoms with Gasteiger partial charge in [0, 0.05) is 18.0 Å². The molecule has 0 saturated carbocycles. The maximum Gasteiger partial charge on any atom is 0.142 e. The van der Waals surface area contributed by atoms with Gasteiger partial charge in [-0.15, -0.1) is 0 Å². The van der Waals surface area contributed by atoms with Gasteiger partial charge in [0.25, 0.3) is 0 Å². The number of benzene rings is 1. The highest BCUT2D eigenvalue weighted by Crippen LogP contribution is 2.27. The Morgan fingerprint density at radius 3 is 2.58 bits per heavy atom. The number of pyridine rings is 1. The summed E-state index contributed by atoms with van der Waals surface area (Å²) >= 11 is 5.53. The number of nitrogens with zero attached hydrogens (tertiary/aromatic N) is 1. The molecule has 1 unspecified atom stereocenters. The molecule has 1 aromatic heterocycles. The summed E-state index contributed by atoms with van der Waals surface area (Å²) in [5, 5.41) is -0.264. The number of halogens is 3. The number of nitrogens with one attached hydrogen (secondary N) is 1. The summed E-state index contributed by atoms with van der Waals surface area (Å²) < 4.78 is 27.4. The average molecular weight is 284 g/mol. The molecule has 0 aliphatic carbocycles. The Hall–Kier alpha value is -1.56. The van der Waals surface area contributed by atoms with Gasteiger partial charge in [0.05, 0.1) is 11.1 Å². The van der Waals surface area contributed by atoms with E-state index in [1.165, 1.54) is 0 Å². The van der Waals surface area contributed by atoms with E-state index in [9.17, 15) is 8.78 Å². The Morgan fingerprint density at radius 2 is 1.95 bits per heavy atom. The third-order valence-corrected chi connectivity index (χ3v) is 3.04. The van der Waals surface area contributed by atoms with Gasteiger partial charge in [-0.1, -0.05) is 17.7 Å². The molecule has 0 aliphatic heterocycles. The third-order valence-electron chi connectivity index (χ3n) is 2.75. The van der Waals surface area contributed by atoms with Crippen LogP contribution in [0.2, 0.25) is 5.02 Å². The average Bonchev–Trinajstić information content (AvgIpc) is 2.36. The molecule has 0 radical (unpaired) electrons. The first kappa shape index (κ1) is 13.9. The largest absolute Gasteiger partial charge is 0.271 e. The predicted octanol–water partition coefficient (Wildman–Crippen LogP) is 2.87. The van der Waals surface area contributed by atoms with E-state index in [1.54, 1.807) is 18.5 Å². The predicted molar refractivity (Wildman–Crippen MR) is 69.5 cm³/mol. The van der Waals surface area contributed by atoms with E-state index in [0.717, 1.165) is 17.7 Å². The van der Waals surface area contributed by atoms with Crippen molar-refractivity contribution in [2.75, 3.05) is 0 Å². The van der Waals surface area contributed by atoms with E-state index in [0.29, 0.717) is 5.56 Å². The summed E-state index contributed by atoms with van der Waals surface area (Å²) in [7, 11) is 0. The standard InChI is InChI=1S/C13H12ClF2N3/c1-7-2-8(6-18-5-7)13(19-17)9-3-12(16)10(14)4-11(9)15/h2-6,13,19H,17H2,1H3. The molecule has 2 rings (SSSR count). The molecule has 3 nitrogen and oxygen atoms in total. The van der Waals surface area contributed by atoms with E-state index in [-0.39, 0.29) is 10.6 Å². The zero-order valence-electron chi connectivity index (χ0n) is 10.1. The molecular weight excluding hydrogens is 272 g/mol. The molecule has 0 spiro atoms. The second-order valence-corrected chi connectivity index (χ2v) is 4.59. The minimum absolute atomic E-state index is 0.0804. The van der Waals surface area contributed by atoms with Crippen molar-refractivity contribution in [3.63, 3.8) is 0 Å². The summed E-state index contributed by atoms with van der Waals surface area (Å²) in [6.07, 6.45) is 3.21. The van der Waals surface area contributed by atoms with Crippen LogP contribution in [-0.2, 0) is 0 Å². The number of aromatic nitrogens is 1. The van der Waals surface area contributed by atoms with Gasteiger partial charge in [-0.25, -0.2) is 14.2 Å². The number of nitrogens with two attached hydrogens (primary N) is 1. The minimum atomic E-state index is -0.695. The minimum Gasteiger partial charge on any atom is -0.271 e. The number of hydrogen-bond acceptors (Lipinski definition) is 3. The molecule has 0 amide bonds. The van der Waals surface area contributed by atoms with Crippen molar-refractivity contribution in [1.82, 2.24) is 10.4 Å². The molecule has 0 aliphatic rings. The molecule has 19 heavy (non-hydrogen) atoms. The fraction of sp³-hybridized carbons (Fsp3) is 0.154. The van der Waals surface area contributed by atoms with Gasteiger partial charge in [0.1, 0.15) is 11.6 Å². The topological polar surface area (TPSA) is 50.9 Å². The summed E-state index contributed by atoms with van der Waals surface area (Å²) in [4.78, 5) is 4.01. The molecule has 100 valence electrons. The first-order chi connectivity index (χ1) is 9.02. The first-order valence-electron chi connectivity index (χ1n) is 5.55. The normalized spacial score (nSPS) is 12.5. The molecular formula is C13H12ClF2N3. The number of rotatable bonds is 3. The van der Waals surface area contributed by atoms with Gasteiger partial charge < -0.3 is 0 Å². The quantitative estimate of drug-likeness (QED) is 0.517. The fourth-order valence-corrected chi connectivity index (χ4v) is 2.01. The lowest BCUT2D eigenvalue weighted by Crippen LogP contribution is -2.29. The Kier molecular flexibility index (Phi) is 4.09. The molecule has 3 N–H and O–H groups in total. The van der Waals surface area contributed by atoms with Crippen molar-refractivity contribution in [2.24, 2.45) is 5.84 Å². The highest BCUT2D eigenvalue weighted by atomic mass is 35.5. The molecule has 6 heteroatoms. The lowest BCUT2D eigenvalue weighted by Gasteiger charge is -2.18. The van der Waals surface area contributed by atoms with Crippen LogP contribution in [0.3, 0.4) is 0 Å². The van der Waals surface area contributed by atoms with Crippen LogP contribution >= 0.6 is 11.6 Å². The van der Waals surface area contributed by atoms with Gasteiger partial charge in [0.15, 0.2) is 0 Å². The Balaban J connectivity index is 2.51. The third kappa shape index (κ3) is 2.89. The van der Waals surface area contributed by atoms with E-state index >= 15 is 0 Å². The van der Waals surface area contributed by atoms with Crippen LogP contribution in [0.1, 0.15) is 22.7 Å². The first-order valence-corrected chi connectivity index (χ1v) is 5.93. The zero-order valence-corrected chi connectivity index (χ0v) is 10.9. The van der Waals surface area contributed by atoms with Crippen LogP contribution in [0.5, 0.6) is 0 Å². The SMILES string of the molecule is Cc1cncc(C(NN)c2cc(F)c(Cl)cc2F)c1. The Bertz CT molecular complexity index is 604. The summed E-state index contributed by atoms with van der Waals surface area (Å²) in [6.45, 7) is 1.85. The molecule has 1 aromatic carbocycles. The second-order valence-electron chi connectivity index (χ2n) is 4.18. The van der Waals surface area contributed by atoms with E-state index in [4.69, 9.17) is 17.4 Å². The number of aryl methyl sites for hydroxylation is 1. The lowest BCUT2D eigenvalue weighted by molar-refractivity contribution is 0.545. The highest BCUT2D eigenvalue weighted by Gasteiger charge is 2.19. The van der Waals surface area contributed by atoms with Crippen molar-refractivity contribution < 1.29 is 8.78 Å². The molecule has 0 saturated heterocycles. The van der Waals surface area contributed by atoms with Crippen LogP contribution in [0.4, 0.5) is 8.78 Å². The molecule has 0 bridgehead atoms. The van der Waals surface area contributed by atoms with Crippen LogP contribution in [0.15, 0.2) is 30.6 Å². The summed E-state index contributed by atoms with van der Waals surface area (Å²) in [6, 6.07) is 3.06. The van der Waals surface area contributed by atoms with Crippen molar-refractivity contribution in [3.05, 3.63) is 63.9 Å². The number of hydrogen-bond donors (Lipinski definition) is 2. The molecule has 0 fully saturated rings. The maximum absolute atomic E-state index is 13.9. The Labute approximate surface area is 114 Å². The van der Waals surface area contributed by atoms with Gasteiger partial charge >= 0.3 is 0 Å². The van der Waals surface area contributed by atoms with E-state index in [1.807, 2.05) is 6.92 Å². The Morgan fingerprint density at radius 1 is 1.21 bits per heavy atom. The maximum atomic E-state index is 13.9. The smallest absolute Gasteiger partial charge is 0.142 e. The van der Waals surface area contributed by atoms with Crippen LogP contribution in [0, 0.1) is 18.6 Å². The molecule has 2 aromatic rings. The highest BCUT2D eigenvalue weighted by molar-refractivity contribution is 6.30. The van der Waals surface area contributed by atoms with Crippen molar-refractivity contribution >= 4 is 11.6 Å². The molecule has 1 atom stereocenters. The van der Waals surface area contributed by atoms with Crippen molar-refractivity contribution in [3.8, 4) is 0 Å². The van der Waals surface area contributed by atoms with Crippen LogP contribution in [0.25, 0.3) is 0 Å². The second kappa shape index (κ2) is 5.61. The fourth-order valence-electron chi connectivity index (χ4n) is 1.86. The van der Waals surface area contributed by atoms with E-state index in [2.05, 4.69) is 10.4 Å². The van der Waals surface area contributed by atoms with Gasteiger partial charge in [0.2, 0.25) is 0 Å². The van der Waals surface area contributed by atoms with Crippen molar-refractivity contribution in [2.45, 2.75) is 13.0 Å². The zero-order chi connectivity index (χ0) is 14.0. The summed E-state index contributed by atoms with van der Waals surface area (Å²) in [5.41, 5.74) is 4.08. The van der Waals surface area contributed by atoms with Crippen LogP contribution in [-0.4, -0.2) is 4.98 Å².